The SMILES string of the molecule is O=c1cc(O)cc(CCc2cccc(C(F)(F)F)c2)o1. The first-order valence-electron chi connectivity index (χ1n) is 5.84. The Hall–Kier alpha value is -2.24. The minimum atomic E-state index is -4.38. The number of rotatable bonds is 3. The average Bonchev–Trinajstić information content (AvgIpc) is 2.35. The third-order valence-electron chi connectivity index (χ3n) is 2.72. The zero-order valence-corrected chi connectivity index (χ0v) is 10.3. The first kappa shape index (κ1) is 14.2. The van der Waals surface area contributed by atoms with Gasteiger partial charge in [-0.3, -0.25) is 0 Å². The Morgan fingerprint density at radius 1 is 1.10 bits per heavy atom. The van der Waals surface area contributed by atoms with Gasteiger partial charge in [0.1, 0.15) is 11.5 Å². The van der Waals surface area contributed by atoms with Gasteiger partial charge in [-0.05, 0) is 18.1 Å². The molecule has 0 amide bonds. The van der Waals surface area contributed by atoms with Crippen molar-refractivity contribution in [3.05, 3.63) is 63.7 Å². The molecule has 0 saturated carbocycles. The molecule has 0 saturated heterocycles. The quantitative estimate of drug-likeness (QED) is 0.942. The number of aromatic hydroxyl groups is 1. The van der Waals surface area contributed by atoms with Gasteiger partial charge in [0.2, 0.25) is 0 Å². The molecule has 0 aliphatic heterocycles. The summed E-state index contributed by atoms with van der Waals surface area (Å²) in [6.07, 6.45) is -3.88. The summed E-state index contributed by atoms with van der Waals surface area (Å²) in [4.78, 5) is 11.0. The van der Waals surface area contributed by atoms with Crippen molar-refractivity contribution in [1.29, 1.82) is 0 Å². The highest BCUT2D eigenvalue weighted by atomic mass is 19.4. The van der Waals surface area contributed by atoms with Crippen LogP contribution in [0.5, 0.6) is 5.75 Å². The van der Waals surface area contributed by atoms with E-state index in [2.05, 4.69) is 0 Å². The average molecular weight is 284 g/mol. The van der Waals surface area contributed by atoms with Gasteiger partial charge in [-0.1, -0.05) is 18.2 Å². The van der Waals surface area contributed by atoms with E-state index in [1.165, 1.54) is 12.1 Å². The van der Waals surface area contributed by atoms with Crippen LogP contribution in [0.1, 0.15) is 16.9 Å². The van der Waals surface area contributed by atoms with Crippen LogP contribution < -0.4 is 5.63 Å². The third kappa shape index (κ3) is 3.63. The highest BCUT2D eigenvalue weighted by molar-refractivity contribution is 5.26. The van der Waals surface area contributed by atoms with E-state index in [0.29, 0.717) is 5.56 Å². The molecule has 0 aliphatic carbocycles. The molecule has 0 atom stereocenters. The molecule has 2 rings (SSSR count). The summed E-state index contributed by atoms with van der Waals surface area (Å²) in [5, 5.41) is 9.23. The van der Waals surface area contributed by atoms with Crippen LogP contribution in [0.4, 0.5) is 13.2 Å². The largest absolute Gasteiger partial charge is 0.508 e. The normalized spacial score (nSPS) is 11.6. The van der Waals surface area contributed by atoms with E-state index in [4.69, 9.17) is 4.42 Å². The summed E-state index contributed by atoms with van der Waals surface area (Å²) in [7, 11) is 0. The molecule has 0 bridgehead atoms. The standard InChI is InChI=1S/C14H11F3O3/c15-14(16,17)10-3-1-2-9(6-10)4-5-12-7-11(18)8-13(19)20-12/h1-3,6-8,18H,4-5H2. The molecule has 2 aromatic rings. The molecule has 1 N–H and O–H groups in total. The molecule has 0 unspecified atom stereocenters. The van der Waals surface area contributed by atoms with Crippen LogP contribution in [-0.4, -0.2) is 5.11 Å². The molecule has 0 aliphatic rings. The van der Waals surface area contributed by atoms with Crippen LogP contribution >= 0.6 is 0 Å². The number of aryl methyl sites for hydroxylation is 2. The minimum absolute atomic E-state index is 0.222. The molecular formula is C14H11F3O3. The van der Waals surface area contributed by atoms with E-state index < -0.39 is 17.4 Å². The first-order chi connectivity index (χ1) is 9.34. The summed E-state index contributed by atoms with van der Waals surface area (Å²) in [6, 6.07) is 7.15. The van der Waals surface area contributed by atoms with E-state index in [1.807, 2.05) is 0 Å². The van der Waals surface area contributed by atoms with Crippen molar-refractivity contribution >= 4 is 0 Å². The second-order valence-electron chi connectivity index (χ2n) is 4.30. The number of halogens is 3. The zero-order valence-electron chi connectivity index (χ0n) is 10.3. The summed E-state index contributed by atoms with van der Waals surface area (Å²) < 4.78 is 42.5. The van der Waals surface area contributed by atoms with Gasteiger partial charge in [0.05, 0.1) is 11.6 Å². The maximum absolute atomic E-state index is 12.5. The molecule has 0 fully saturated rings. The first-order valence-corrected chi connectivity index (χ1v) is 5.84. The van der Waals surface area contributed by atoms with Crippen molar-refractivity contribution in [2.24, 2.45) is 0 Å². The Labute approximate surface area is 112 Å². The fourth-order valence-electron chi connectivity index (χ4n) is 1.81. The van der Waals surface area contributed by atoms with E-state index in [1.54, 1.807) is 6.07 Å². The van der Waals surface area contributed by atoms with E-state index in [9.17, 15) is 23.1 Å². The highest BCUT2D eigenvalue weighted by Crippen LogP contribution is 2.29. The lowest BCUT2D eigenvalue weighted by molar-refractivity contribution is -0.137. The van der Waals surface area contributed by atoms with Crippen LogP contribution in [-0.2, 0) is 19.0 Å². The van der Waals surface area contributed by atoms with Gasteiger partial charge in [-0.25, -0.2) is 4.79 Å². The number of hydrogen-bond acceptors (Lipinski definition) is 3. The molecule has 6 heteroatoms. The van der Waals surface area contributed by atoms with Gasteiger partial charge in [0.15, 0.2) is 0 Å². The Morgan fingerprint density at radius 3 is 2.50 bits per heavy atom. The van der Waals surface area contributed by atoms with Gasteiger partial charge < -0.3 is 9.52 Å². The van der Waals surface area contributed by atoms with Crippen molar-refractivity contribution in [3.63, 3.8) is 0 Å². The van der Waals surface area contributed by atoms with E-state index in [0.717, 1.165) is 18.2 Å². The second-order valence-corrected chi connectivity index (χ2v) is 4.30. The monoisotopic (exact) mass is 284 g/mol. The lowest BCUT2D eigenvalue weighted by atomic mass is 10.1. The van der Waals surface area contributed by atoms with Crippen LogP contribution in [0.15, 0.2) is 45.6 Å². The van der Waals surface area contributed by atoms with Gasteiger partial charge >= 0.3 is 11.8 Å². The van der Waals surface area contributed by atoms with Gasteiger partial charge in [-0.2, -0.15) is 13.2 Å². The van der Waals surface area contributed by atoms with Crippen LogP contribution in [0.2, 0.25) is 0 Å². The van der Waals surface area contributed by atoms with Gasteiger partial charge in [-0.15, -0.1) is 0 Å². The minimum Gasteiger partial charge on any atom is -0.508 e. The topological polar surface area (TPSA) is 50.4 Å². The van der Waals surface area contributed by atoms with Gasteiger partial charge in [0.25, 0.3) is 0 Å². The molecule has 1 aromatic heterocycles. The van der Waals surface area contributed by atoms with Crippen LogP contribution in [0, 0.1) is 0 Å². The third-order valence-corrected chi connectivity index (χ3v) is 2.72. The Kier molecular flexibility index (Phi) is 3.83. The van der Waals surface area contributed by atoms with Crippen LogP contribution in [0.3, 0.4) is 0 Å². The van der Waals surface area contributed by atoms with Crippen molar-refractivity contribution in [1.82, 2.24) is 0 Å². The number of benzene rings is 1. The molecule has 3 nitrogen and oxygen atoms in total. The molecule has 1 aromatic carbocycles. The predicted octanol–water partition coefficient (Wildman–Crippen LogP) is 3.15. The maximum atomic E-state index is 12.5. The van der Waals surface area contributed by atoms with Gasteiger partial charge in [0, 0.05) is 12.5 Å². The van der Waals surface area contributed by atoms with Crippen molar-refractivity contribution in [2.75, 3.05) is 0 Å². The Morgan fingerprint density at radius 2 is 1.85 bits per heavy atom. The molecular weight excluding hydrogens is 273 g/mol. The summed E-state index contributed by atoms with van der Waals surface area (Å²) in [5.74, 6) is 0.00713. The summed E-state index contributed by atoms with van der Waals surface area (Å²) in [5.41, 5.74) is -0.928. The molecule has 106 valence electrons. The molecule has 0 radical (unpaired) electrons. The highest BCUT2D eigenvalue weighted by Gasteiger charge is 2.30. The predicted molar refractivity (Wildman–Crippen MR) is 65.5 cm³/mol. The maximum Gasteiger partial charge on any atom is 0.416 e. The number of hydrogen-bond donors (Lipinski definition) is 1. The smallest absolute Gasteiger partial charge is 0.416 e. The van der Waals surface area contributed by atoms with Crippen molar-refractivity contribution in [3.8, 4) is 5.75 Å². The lowest BCUT2D eigenvalue weighted by Crippen LogP contribution is -2.06. The number of alkyl halides is 3. The second kappa shape index (κ2) is 5.40. The Balaban J connectivity index is 2.13. The van der Waals surface area contributed by atoms with E-state index in [-0.39, 0.29) is 24.4 Å². The van der Waals surface area contributed by atoms with Crippen molar-refractivity contribution < 1.29 is 22.7 Å². The van der Waals surface area contributed by atoms with Crippen molar-refractivity contribution in [2.45, 2.75) is 19.0 Å². The van der Waals surface area contributed by atoms with E-state index >= 15 is 0 Å². The lowest BCUT2D eigenvalue weighted by Gasteiger charge is -2.08. The fourth-order valence-corrected chi connectivity index (χ4v) is 1.81. The Bertz CT molecular complexity index is 659. The molecule has 1 heterocycles. The van der Waals surface area contributed by atoms with Crippen LogP contribution in [0.25, 0.3) is 0 Å². The summed E-state index contributed by atoms with van der Waals surface area (Å²) >= 11 is 0. The molecule has 0 spiro atoms. The fraction of sp³-hybridized carbons (Fsp3) is 0.214. The summed E-state index contributed by atoms with van der Waals surface area (Å²) in [6.45, 7) is 0. The zero-order chi connectivity index (χ0) is 14.8. The molecule has 20 heavy (non-hydrogen) atoms.